The van der Waals surface area contributed by atoms with Gasteiger partial charge in [0, 0.05) is 10.5 Å². The lowest BCUT2D eigenvalue weighted by Crippen LogP contribution is -2.38. The van der Waals surface area contributed by atoms with E-state index in [1.807, 2.05) is 6.07 Å². The summed E-state index contributed by atoms with van der Waals surface area (Å²) in [4.78, 5) is 0. The molecule has 0 heterocycles. The van der Waals surface area contributed by atoms with Crippen LogP contribution in [0.4, 0.5) is 4.39 Å². The molecular weight excluding hydrogens is 329 g/mol. The van der Waals surface area contributed by atoms with Gasteiger partial charge in [0.15, 0.2) is 0 Å². The Hall–Kier alpha value is -0.410. The smallest absolute Gasteiger partial charge is 0.124 e. The molecule has 1 saturated carbocycles. The van der Waals surface area contributed by atoms with Gasteiger partial charge in [0.25, 0.3) is 0 Å². The van der Waals surface area contributed by atoms with Gasteiger partial charge in [-0.2, -0.15) is 0 Å². The molecule has 0 saturated heterocycles. The summed E-state index contributed by atoms with van der Waals surface area (Å²) in [6, 6.07) is 5.52. The third-order valence-corrected chi connectivity index (χ3v) is 5.89. The largest absolute Gasteiger partial charge is 0.316 e. The average Bonchev–Trinajstić information content (AvgIpc) is 2.47. The Kier molecular flexibility index (Phi) is 6.24. The van der Waals surface area contributed by atoms with E-state index in [0.29, 0.717) is 6.04 Å². The summed E-state index contributed by atoms with van der Waals surface area (Å²) in [6.07, 6.45) is 6.30. The normalized spacial score (nSPS) is 24.3. The van der Waals surface area contributed by atoms with Crippen LogP contribution in [-0.2, 0) is 6.42 Å². The van der Waals surface area contributed by atoms with Crippen molar-refractivity contribution in [2.75, 3.05) is 7.05 Å². The fourth-order valence-electron chi connectivity index (χ4n) is 3.64. The van der Waals surface area contributed by atoms with Gasteiger partial charge in [-0.05, 0) is 74.6 Å². The quantitative estimate of drug-likeness (QED) is 0.766. The number of benzene rings is 1. The Morgan fingerprint density at radius 2 is 1.81 bits per heavy atom. The van der Waals surface area contributed by atoms with Crippen LogP contribution in [0.25, 0.3) is 0 Å². The van der Waals surface area contributed by atoms with Crippen molar-refractivity contribution >= 4 is 15.9 Å². The van der Waals surface area contributed by atoms with Crippen molar-refractivity contribution in [2.45, 2.75) is 52.0 Å². The summed E-state index contributed by atoms with van der Waals surface area (Å²) in [5.41, 5.74) is 1.20. The van der Waals surface area contributed by atoms with Crippen molar-refractivity contribution in [1.82, 2.24) is 5.32 Å². The van der Waals surface area contributed by atoms with Gasteiger partial charge in [0.1, 0.15) is 5.82 Å². The van der Waals surface area contributed by atoms with Crippen LogP contribution in [0.5, 0.6) is 0 Å². The lowest BCUT2D eigenvalue weighted by molar-refractivity contribution is 0.191. The number of halogens is 2. The van der Waals surface area contributed by atoms with E-state index in [1.165, 1.54) is 31.2 Å². The Bertz CT molecular complexity index is 453. The monoisotopic (exact) mass is 355 g/mol. The molecule has 1 aliphatic carbocycles. The maximum atomic E-state index is 13.2. The first kappa shape index (κ1) is 17.0. The van der Waals surface area contributed by atoms with Crippen LogP contribution in [-0.4, -0.2) is 13.1 Å². The lowest BCUT2D eigenvalue weighted by atomic mass is 9.73. The van der Waals surface area contributed by atoms with Crippen molar-refractivity contribution in [2.24, 2.45) is 17.8 Å². The Morgan fingerprint density at radius 3 is 2.33 bits per heavy atom. The predicted octanol–water partition coefficient (Wildman–Crippen LogP) is 5.18. The van der Waals surface area contributed by atoms with E-state index in [9.17, 15) is 4.39 Å². The summed E-state index contributed by atoms with van der Waals surface area (Å²) >= 11 is 3.49. The van der Waals surface area contributed by atoms with Crippen LogP contribution in [0.1, 0.15) is 45.1 Å². The summed E-state index contributed by atoms with van der Waals surface area (Å²) in [7, 11) is 2.05. The van der Waals surface area contributed by atoms with Crippen LogP contribution < -0.4 is 5.32 Å². The van der Waals surface area contributed by atoms with Crippen LogP contribution in [0.3, 0.4) is 0 Å². The molecule has 1 fully saturated rings. The van der Waals surface area contributed by atoms with E-state index in [0.717, 1.165) is 28.6 Å². The SMILES string of the molecule is CNC(Cc1ccc(F)cc1Br)C1CCC(C(C)C)CC1. The third-order valence-electron chi connectivity index (χ3n) is 5.15. The Balaban J connectivity index is 1.97. The number of hydrogen-bond acceptors (Lipinski definition) is 1. The van der Waals surface area contributed by atoms with Crippen molar-refractivity contribution in [1.29, 1.82) is 0 Å². The van der Waals surface area contributed by atoms with Gasteiger partial charge < -0.3 is 5.32 Å². The van der Waals surface area contributed by atoms with E-state index in [1.54, 1.807) is 12.1 Å². The van der Waals surface area contributed by atoms with Gasteiger partial charge in [0.05, 0.1) is 0 Å². The summed E-state index contributed by atoms with van der Waals surface area (Å²) in [5, 5.41) is 3.49. The third kappa shape index (κ3) is 4.53. The molecule has 1 aromatic rings. The molecule has 0 aromatic heterocycles. The first-order valence-electron chi connectivity index (χ1n) is 8.12. The molecule has 1 aliphatic rings. The zero-order chi connectivity index (χ0) is 15.4. The molecule has 1 aromatic carbocycles. The second kappa shape index (κ2) is 7.73. The molecule has 3 heteroatoms. The first-order valence-corrected chi connectivity index (χ1v) is 8.91. The van der Waals surface area contributed by atoms with Gasteiger partial charge in [-0.1, -0.05) is 35.8 Å². The highest BCUT2D eigenvalue weighted by molar-refractivity contribution is 9.10. The van der Waals surface area contributed by atoms with Crippen LogP contribution in [0, 0.1) is 23.6 Å². The van der Waals surface area contributed by atoms with Crippen LogP contribution in [0.2, 0.25) is 0 Å². The highest BCUT2D eigenvalue weighted by Crippen LogP contribution is 2.35. The molecule has 21 heavy (non-hydrogen) atoms. The molecule has 0 bridgehead atoms. The van der Waals surface area contributed by atoms with Gasteiger partial charge in [-0.15, -0.1) is 0 Å². The number of rotatable bonds is 5. The number of nitrogens with one attached hydrogen (secondary N) is 1. The lowest BCUT2D eigenvalue weighted by Gasteiger charge is -2.35. The van der Waals surface area contributed by atoms with Crippen molar-refractivity contribution < 1.29 is 4.39 Å². The fraction of sp³-hybridized carbons (Fsp3) is 0.667. The minimum atomic E-state index is -0.177. The summed E-state index contributed by atoms with van der Waals surface area (Å²) in [6.45, 7) is 4.69. The fourth-order valence-corrected chi connectivity index (χ4v) is 4.16. The molecule has 0 amide bonds. The van der Waals surface area contributed by atoms with Gasteiger partial charge in [-0.25, -0.2) is 4.39 Å². The molecule has 1 atom stereocenters. The molecule has 1 unspecified atom stereocenters. The van der Waals surface area contributed by atoms with Gasteiger partial charge >= 0.3 is 0 Å². The first-order chi connectivity index (χ1) is 10.0. The van der Waals surface area contributed by atoms with E-state index in [2.05, 4.69) is 42.1 Å². The van der Waals surface area contributed by atoms with E-state index >= 15 is 0 Å². The van der Waals surface area contributed by atoms with Crippen molar-refractivity contribution in [3.8, 4) is 0 Å². The molecule has 1 N–H and O–H groups in total. The van der Waals surface area contributed by atoms with Crippen LogP contribution >= 0.6 is 15.9 Å². The maximum absolute atomic E-state index is 13.2. The number of hydrogen-bond donors (Lipinski definition) is 1. The molecule has 118 valence electrons. The Labute approximate surface area is 136 Å². The minimum Gasteiger partial charge on any atom is -0.316 e. The van der Waals surface area contributed by atoms with Crippen molar-refractivity contribution in [3.05, 3.63) is 34.1 Å². The minimum absolute atomic E-state index is 0.177. The standard InChI is InChI=1S/C18H27BrFN/c1-12(2)13-4-6-14(7-5-13)18(21-3)10-15-8-9-16(20)11-17(15)19/h8-9,11-14,18,21H,4-7,10H2,1-3H3. The number of likely N-dealkylation sites (N-methyl/N-ethyl adjacent to an activating group) is 1. The second-order valence-electron chi connectivity index (χ2n) is 6.75. The molecule has 0 radical (unpaired) electrons. The highest BCUT2D eigenvalue weighted by atomic mass is 79.9. The summed E-state index contributed by atoms with van der Waals surface area (Å²) < 4.78 is 14.1. The Morgan fingerprint density at radius 1 is 1.19 bits per heavy atom. The van der Waals surface area contributed by atoms with E-state index in [4.69, 9.17) is 0 Å². The zero-order valence-corrected chi connectivity index (χ0v) is 14.9. The van der Waals surface area contributed by atoms with Gasteiger partial charge in [0.2, 0.25) is 0 Å². The maximum Gasteiger partial charge on any atom is 0.124 e. The van der Waals surface area contributed by atoms with Crippen LogP contribution in [0.15, 0.2) is 22.7 Å². The van der Waals surface area contributed by atoms with Crippen molar-refractivity contribution in [3.63, 3.8) is 0 Å². The topological polar surface area (TPSA) is 12.0 Å². The molecule has 1 nitrogen and oxygen atoms in total. The molecule has 2 rings (SSSR count). The average molecular weight is 356 g/mol. The van der Waals surface area contributed by atoms with E-state index in [-0.39, 0.29) is 5.82 Å². The molecule has 0 aliphatic heterocycles. The zero-order valence-electron chi connectivity index (χ0n) is 13.3. The second-order valence-corrected chi connectivity index (χ2v) is 7.61. The molecule has 0 spiro atoms. The highest BCUT2D eigenvalue weighted by Gasteiger charge is 2.28. The molecular formula is C18H27BrFN. The van der Waals surface area contributed by atoms with Gasteiger partial charge in [-0.3, -0.25) is 0 Å². The summed E-state index contributed by atoms with van der Waals surface area (Å²) in [5.74, 6) is 2.27. The predicted molar refractivity (Wildman–Crippen MR) is 90.9 cm³/mol. The van der Waals surface area contributed by atoms with E-state index < -0.39 is 0 Å².